The molecule has 172 valence electrons. The van der Waals surface area contributed by atoms with E-state index in [1.165, 1.54) is 54.9 Å². The van der Waals surface area contributed by atoms with E-state index in [2.05, 4.69) is 5.32 Å². The number of methoxy groups -OCH3 is 2. The SMILES string of the molecule is COC(=O)c1ccc(OC)cc1OCC(=O)Nc1ccc(S(=O)(=O)N2CCOCC2)cc1. The Morgan fingerprint density at radius 2 is 1.75 bits per heavy atom. The maximum atomic E-state index is 12.7. The molecule has 2 aromatic carbocycles. The first kappa shape index (κ1) is 23.5. The number of hydrogen-bond acceptors (Lipinski definition) is 8. The first-order valence-electron chi connectivity index (χ1n) is 9.72. The zero-order valence-corrected chi connectivity index (χ0v) is 18.5. The van der Waals surface area contributed by atoms with Crippen LogP contribution in [-0.2, 0) is 24.3 Å². The molecule has 3 rings (SSSR count). The van der Waals surface area contributed by atoms with Gasteiger partial charge in [0.05, 0.1) is 32.3 Å². The molecule has 1 aliphatic rings. The predicted octanol–water partition coefficient (Wildman–Crippen LogP) is 1.52. The van der Waals surface area contributed by atoms with Gasteiger partial charge in [0.2, 0.25) is 10.0 Å². The molecule has 0 atom stereocenters. The van der Waals surface area contributed by atoms with Gasteiger partial charge in [0.1, 0.15) is 17.1 Å². The summed E-state index contributed by atoms with van der Waals surface area (Å²) >= 11 is 0. The largest absolute Gasteiger partial charge is 0.497 e. The molecule has 0 unspecified atom stereocenters. The molecule has 10 nitrogen and oxygen atoms in total. The Morgan fingerprint density at radius 3 is 2.38 bits per heavy atom. The molecule has 1 fully saturated rings. The van der Waals surface area contributed by atoms with Gasteiger partial charge in [0.25, 0.3) is 5.91 Å². The lowest BCUT2D eigenvalue weighted by atomic mass is 10.2. The summed E-state index contributed by atoms with van der Waals surface area (Å²) in [7, 11) is -0.908. The molecule has 0 spiro atoms. The van der Waals surface area contributed by atoms with Crippen LogP contribution in [0.1, 0.15) is 10.4 Å². The Morgan fingerprint density at radius 1 is 1.06 bits per heavy atom. The van der Waals surface area contributed by atoms with E-state index in [1.807, 2.05) is 0 Å². The number of rotatable bonds is 8. The van der Waals surface area contributed by atoms with Crippen LogP contribution in [0.2, 0.25) is 0 Å². The average molecular weight is 464 g/mol. The third kappa shape index (κ3) is 5.55. The van der Waals surface area contributed by atoms with Crippen molar-refractivity contribution < 1.29 is 37.0 Å². The number of sulfonamides is 1. The Labute approximate surface area is 186 Å². The molecular weight excluding hydrogens is 440 g/mol. The van der Waals surface area contributed by atoms with Gasteiger partial charge in [0, 0.05) is 24.8 Å². The van der Waals surface area contributed by atoms with E-state index in [9.17, 15) is 18.0 Å². The summed E-state index contributed by atoms with van der Waals surface area (Å²) in [4.78, 5) is 24.3. The third-order valence-electron chi connectivity index (χ3n) is 4.70. The molecule has 0 aromatic heterocycles. The molecule has 0 aliphatic carbocycles. The summed E-state index contributed by atoms with van der Waals surface area (Å²) in [5.41, 5.74) is 0.553. The quantitative estimate of drug-likeness (QED) is 0.584. The molecule has 0 bridgehead atoms. The number of anilines is 1. The maximum absolute atomic E-state index is 12.7. The molecule has 0 radical (unpaired) electrons. The van der Waals surface area contributed by atoms with Crippen molar-refractivity contribution in [3.63, 3.8) is 0 Å². The highest BCUT2D eigenvalue weighted by molar-refractivity contribution is 7.89. The highest BCUT2D eigenvalue weighted by Gasteiger charge is 2.26. The fourth-order valence-electron chi connectivity index (χ4n) is 3.01. The summed E-state index contributed by atoms with van der Waals surface area (Å²) < 4.78 is 47.2. The fraction of sp³-hybridized carbons (Fsp3) is 0.333. The second-order valence-electron chi connectivity index (χ2n) is 6.73. The Balaban J connectivity index is 1.63. The highest BCUT2D eigenvalue weighted by Crippen LogP contribution is 2.26. The maximum Gasteiger partial charge on any atom is 0.341 e. The lowest BCUT2D eigenvalue weighted by Gasteiger charge is -2.26. The Bertz CT molecular complexity index is 1060. The Hall–Kier alpha value is -3.15. The second kappa shape index (κ2) is 10.4. The van der Waals surface area contributed by atoms with Gasteiger partial charge < -0.3 is 24.3 Å². The number of hydrogen-bond donors (Lipinski definition) is 1. The van der Waals surface area contributed by atoms with Crippen LogP contribution in [0.3, 0.4) is 0 Å². The summed E-state index contributed by atoms with van der Waals surface area (Å²) in [5, 5.41) is 2.62. The number of nitrogens with zero attached hydrogens (tertiary/aromatic N) is 1. The van der Waals surface area contributed by atoms with Crippen LogP contribution in [-0.4, -0.2) is 71.7 Å². The van der Waals surface area contributed by atoms with Gasteiger partial charge in [-0.05, 0) is 36.4 Å². The number of carbonyl (C=O) groups is 2. The fourth-order valence-corrected chi connectivity index (χ4v) is 4.42. The number of nitrogens with one attached hydrogen (secondary N) is 1. The standard InChI is InChI=1S/C21H24N2O8S/c1-28-16-5-8-18(21(25)29-2)19(13-16)31-14-20(24)22-15-3-6-17(7-4-15)32(26,27)23-9-11-30-12-10-23/h3-8,13H,9-12,14H2,1-2H3,(H,22,24). The van der Waals surface area contributed by atoms with E-state index < -0.39 is 21.9 Å². The van der Waals surface area contributed by atoms with Crippen molar-refractivity contribution in [2.24, 2.45) is 0 Å². The summed E-state index contributed by atoms with van der Waals surface area (Å²) in [5.74, 6) is -0.518. The van der Waals surface area contributed by atoms with Crippen LogP contribution >= 0.6 is 0 Å². The minimum Gasteiger partial charge on any atom is -0.497 e. The van der Waals surface area contributed by atoms with Crippen molar-refractivity contribution in [2.45, 2.75) is 4.90 Å². The van der Waals surface area contributed by atoms with Gasteiger partial charge in [-0.1, -0.05) is 0 Å². The van der Waals surface area contributed by atoms with E-state index in [0.717, 1.165) is 0 Å². The van der Waals surface area contributed by atoms with Crippen LogP contribution in [0, 0.1) is 0 Å². The van der Waals surface area contributed by atoms with Crippen LogP contribution in [0.15, 0.2) is 47.4 Å². The second-order valence-corrected chi connectivity index (χ2v) is 8.67. The molecule has 32 heavy (non-hydrogen) atoms. The van der Waals surface area contributed by atoms with Crippen LogP contribution in [0.5, 0.6) is 11.5 Å². The first-order chi connectivity index (χ1) is 15.3. The van der Waals surface area contributed by atoms with Crippen molar-refractivity contribution in [1.29, 1.82) is 0 Å². The number of esters is 1. The van der Waals surface area contributed by atoms with Crippen LogP contribution in [0.25, 0.3) is 0 Å². The topological polar surface area (TPSA) is 120 Å². The minimum absolute atomic E-state index is 0.132. The monoisotopic (exact) mass is 464 g/mol. The molecule has 1 saturated heterocycles. The van der Waals surface area contributed by atoms with Gasteiger partial charge in [-0.2, -0.15) is 4.31 Å². The van der Waals surface area contributed by atoms with E-state index in [1.54, 1.807) is 6.07 Å². The van der Waals surface area contributed by atoms with Crippen LogP contribution in [0.4, 0.5) is 5.69 Å². The van der Waals surface area contributed by atoms with Gasteiger partial charge in [-0.25, -0.2) is 13.2 Å². The van der Waals surface area contributed by atoms with Gasteiger partial charge in [-0.15, -0.1) is 0 Å². The Kier molecular flexibility index (Phi) is 7.67. The van der Waals surface area contributed by atoms with Crippen molar-refractivity contribution in [1.82, 2.24) is 4.31 Å². The molecule has 11 heteroatoms. The number of amides is 1. The van der Waals surface area contributed by atoms with Crippen LogP contribution < -0.4 is 14.8 Å². The summed E-state index contributed by atoms with van der Waals surface area (Å²) in [6.07, 6.45) is 0. The molecule has 2 aromatic rings. The molecule has 1 amide bonds. The van der Waals surface area contributed by atoms with Crippen molar-refractivity contribution in [3.8, 4) is 11.5 Å². The van der Waals surface area contributed by atoms with E-state index in [-0.39, 0.29) is 22.8 Å². The summed E-state index contributed by atoms with van der Waals surface area (Å²) in [6, 6.07) is 10.4. The molecule has 1 N–H and O–H groups in total. The average Bonchev–Trinajstić information content (AvgIpc) is 2.83. The minimum atomic E-state index is -3.62. The zero-order valence-electron chi connectivity index (χ0n) is 17.7. The number of morpholine rings is 1. The van der Waals surface area contributed by atoms with E-state index in [0.29, 0.717) is 37.7 Å². The van der Waals surface area contributed by atoms with Crippen molar-refractivity contribution in [2.75, 3.05) is 52.4 Å². The normalized spacial score (nSPS) is 14.4. The zero-order chi connectivity index (χ0) is 23.1. The lowest BCUT2D eigenvalue weighted by Crippen LogP contribution is -2.40. The van der Waals surface area contributed by atoms with Gasteiger partial charge >= 0.3 is 5.97 Å². The lowest BCUT2D eigenvalue weighted by molar-refractivity contribution is -0.118. The summed E-state index contributed by atoms with van der Waals surface area (Å²) in [6.45, 7) is 0.938. The molecule has 0 saturated carbocycles. The highest BCUT2D eigenvalue weighted by atomic mass is 32.2. The molecule has 1 heterocycles. The van der Waals surface area contributed by atoms with E-state index in [4.69, 9.17) is 18.9 Å². The number of ether oxygens (including phenoxy) is 4. The molecule has 1 aliphatic heterocycles. The van der Waals surface area contributed by atoms with Gasteiger partial charge in [0.15, 0.2) is 6.61 Å². The first-order valence-corrected chi connectivity index (χ1v) is 11.2. The van der Waals surface area contributed by atoms with Crippen molar-refractivity contribution >= 4 is 27.6 Å². The number of benzene rings is 2. The number of carbonyl (C=O) groups excluding carboxylic acids is 2. The van der Waals surface area contributed by atoms with Gasteiger partial charge in [-0.3, -0.25) is 4.79 Å². The smallest absolute Gasteiger partial charge is 0.341 e. The predicted molar refractivity (Wildman–Crippen MR) is 114 cm³/mol. The molecular formula is C21H24N2O8S. The van der Waals surface area contributed by atoms with E-state index >= 15 is 0 Å². The third-order valence-corrected chi connectivity index (χ3v) is 6.61. The van der Waals surface area contributed by atoms with Crippen molar-refractivity contribution in [3.05, 3.63) is 48.0 Å².